The number of hydrogen-bond acceptors (Lipinski definition) is 1. The van der Waals surface area contributed by atoms with Gasteiger partial charge >= 0.3 is 0 Å². The minimum Gasteiger partial charge on any atom is -0.347 e. The van der Waals surface area contributed by atoms with Gasteiger partial charge in [-0.1, -0.05) is 60.7 Å². The van der Waals surface area contributed by atoms with Gasteiger partial charge in [0.25, 0.3) is 5.91 Å². The van der Waals surface area contributed by atoms with Crippen molar-refractivity contribution >= 4 is 5.91 Å². The summed E-state index contributed by atoms with van der Waals surface area (Å²) in [6.07, 6.45) is 1.87. The maximum atomic E-state index is 12.8. The van der Waals surface area contributed by atoms with Crippen LogP contribution in [0.1, 0.15) is 28.5 Å². The van der Waals surface area contributed by atoms with Crippen molar-refractivity contribution in [2.75, 3.05) is 0 Å². The molecule has 1 N–H and O–H groups in total. The summed E-state index contributed by atoms with van der Waals surface area (Å²) in [4.78, 5) is 12.8. The molecule has 0 saturated heterocycles. The molecule has 2 aromatic carbocycles. The Labute approximate surface area is 136 Å². The third-order valence-electron chi connectivity index (χ3n) is 4.24. The van der Waals surface area contributed by atoms with Crippen molar-refractivity contribution in [2.24, 2.45) is 7.05 Å². The molecule has 0 radical (unpaired) electrons. The van der Waals surface area contributed by atoms with Crippen molar-refractivity contribution in [3.8, 4) is 0 Å². The Hall–Kier alpha value is -2.81. The molecular weight excluding hydrogens is 284 g/mol. The van der Waals surface area contributed by atoms with Crippen molar-refractivity contribution in [3.05, 3.63) is 95.8 Å². The maximum absolute atomic E-state index is 12.8. The number of nitrogens with one attached hydrogen (secondary N) is 1. The summed E-state index contributed by atoms with van der Waals surface area (Å²) in [5, 5.41) is 3.21. The van der Waals surface area contributed by atoms with Gasteiger partial charge in [-0.2, -0.15) is 0 Å². The van der Waals surface area contributed by atoms with E-state index in [1.165, 1.54) is 0 Å². The van der Waals surface area contributed by atoms with E-state index in [4.69, 9.17) is 0 Å². The van der Waals surface area contributed by atoms with Gasteiger partial charge in [-0.3, -0.25) is 4.79 Å². The molecular formula is C20H20N2O. The van der Waals surface area contributed by atoms with Crippen molar-refractivity contribution in [3.63, 3.8) is 0 Å². The SMILES string of the molecule is Cn1cccc1C(=O)NC(C)(c1ccccc1)c1ccccc1. The summed E-state index contributed by atoms with van der Waals surface area (Å²) in [7, 11) is 1.87. The molecule has 0 saturated carbocycles. The normalized spacial score (nSPS) is 11.2. The molecule has 0 unspecified atom stereocenters. The molecule has 3 rings (SSSR count). The van der Waals surface area contributed by atoms with Crippen LogP contribution < -0.4 is 5.32 Å². The molecule has 3 nitrogen and oxygen atoms in total. The summed E-state index contributed by atoms with van der Waals surface area (Å²) in [6, 6.07) is 23.8. The molecule has 0 fully saturated rings. The molecule has 0 atom stereocenters. The highest BCUT2D eigenvalue weighted by Gasteiger charge is 2.31. The van der Waals surface area contributed by atoms with Crippen molar-refractivity contribution < 1.29 is 4.79 Å². The zero-order valence-corrected chi connectivity index (χ0v) is 13.4. The monoisotopic (exact) mass is 304 g/mol. The Bertz CT molecular complexity index is 751. The van der Waals surface area contributed by atoms with E-state index in [1.54, 1.807) is 0 Å². The van der Waals surface area contributed by atoms with Gasteiger partial charge in [0.15, 0.2) is 0 Å². The lowest BCUT2D eigenvalue weighted by molar-refractivity contribution is 0.0910. The lowest BCUT2D eigenvalue weighted by Gasteiger charge is -2.32. The highest BCUT2D eigenvalue weighted by molar-refractivity contribution is 5.93. The predicted molar refractivity (Wildman–Crippen MR) is 92.2 cm³/mol. The largest absolute Gasteiger partial charge is 0.347 e. The second kappa shape index (κ2) is 6.13. The van der Waals surface area contributed by atoms with E-state index >= 15 is 0 Å². The first-order valence-corrected chi connectivity index (χ1v) is 7.66. The Morgan fingerprint density at radius 3 is 1.83 bits per heavy atom. The number of rotatable bonds is 4. The van der Waals surface area contributed by atoms with Gasteiger partial charge in [-0.25, -0.2) is 0 Å². The second-order valence-electron chi connectivity index (χ2n) is 5.82. The third-order valence-corrected chi connectivity index (χ3v) is 4.24. The summed E-state index contributed by atoms with van der Waals surface area (Å²) < 4.78 is 1.83. The van der Waals surface area contributed by atoms with Crippen LogP contribution >= 0.6 is 0 Å². The molecule has 1 aromatic heterocycles. The van der Waals surface area contributed by atoms with Gasteiger partial charge in [0, 0.05) is 13.2 Å². The fourth-order valence-electron chi connectivity index (χ4n) is 2.84. The molecule has 23 heavy (non-hydrogen) atoms. The first kappa shape index (κ1) is 15.1. The van der Waals surface area contributed by atoms with E-state index in [0.29, 0.717) is 5.69 Å². The van der Waals surface area contributed by atoms with Crippen molar-refractivity contribution in [1.29, 1.82) is 0 Å². The Balaban J connectivity index is 2.03. The summed E-state index contributed by atoms with van der Waals surface area (Å²) in [6.45, 7) is 2.04. The molecule has 0 aliphatic heterocycles. The minimum atomic E-state index is -0.593. The van der Waals surface area contributed by atoms with Crippen LogP contribution in [0, 0.1) is 0 Å². The Morgan fingerprint density at radius 1 is 0.870 bits per heavy atom. The number of carbonyl (C=O) groups is 1. The second-order valence-corrected chi connectivity index (χ2v) is 5.82. The van der Waals surface area contributed by atoms with Crippen LogP contribution in [-0.2, 0) is 12.6 Å². The highest BCUT2D eigenvalue weighted by atomic mass is 16.2. The van der Waals surface area contributed by atoms with Crippen LogP contribution in [0.4, 0.5) is 0 Å². The first-order valence-electron chi connectivity index (χ1n) is 7.66. The first-order chi connectivity index (χ1) is 11.1. The van der Waals surface area contributed by atoms with E-state index in [2.05, 4.69) is 5.32 Å². The third kappa shape index (κ3) is 2.90. The smallest absolute Gasteiger partial charge is 0.268 e. The molecule has 0 bridgehead atoms. The van der Waals surface area contributed by atoms with Gasteiger partial charge < -0.3 is 9.88 Å². The molecule has 3 aromatic rings. The highest BCUT2D eigenvalue weighted by Crippen LogP contribution is 2.29. The molecule has 0 spiro atoms. The Morgan fingerprint density at radius 2 is 1.39 bits per heavy atom. The van der Waals surface area contributed by atoms with Crippen LogP contribution in [0.25, 0.3) is 0 Å². The lowest BCUT2D eigenvalue weighted by atomic mass is 9.84. The zero-order chi connectivity index (χ0) is 16.3. The van der Waals surface area contributed by atoms with Crippen LogP contribution in [0.15, 0.2) is 79.0 Å². The van der Waals surface area contributed by atoms with Crippen LogP contribution in [0.5, 0.6) is 0 Å². The molecule has 1 heterocycles. The van der Waals surface area contributed by atoms with Gasteiger partial charge in [0.05, 0.1) is 5.54 Å². The van der Waals surface area contributed by atoms with Crippen molar-refractivity contribution in [2.45, 2.75) is 12.5 Å². The maximum Gasteiger partial charge on any atom is 0.268 e. The van der Waals surface area contributed by atoms with Crippen molar-refractivity contribution in [1.82, 2.24) is 9.88 Å². The summed E-state index contributed by atoms with van der Waals surface area (Å²) >= 11 is 0. The lowest BCUT2D eigenvalue weighted by Crippen LogP contribution is -2.44. The van der Waals surface area contributed by atoms with Gasteiger partial charge in [0.1, 0.15) is 5.69 Å². The molecule has 0 aliphatic rings. The number of benzene rings is 2. The molecule has 0 aliphatic carbocycles. The average molecular weight is 304 g/mol. The standard InChI is InChI=1S/C20H20N2O/c1-20(16-10-5-3-6-11-16,17-12-7-4-8-13-17)21-19(23)18-14-9-15-22(18)2/h3-15H,1-2H3,(H,21,23). The number of carbonyl (C=O) groups excluding carboxylic acids is 1. The molecule has 1 amide bonds. The van der Waals surface area contributed by atoms with Crippen LogP contribution in [-0.4, -0.2) is 10.5 Å². The number of hydrogen-bond donors (Lipinski definition) is 1. The quantitative estimate of drug-likeness (QED) is 0.783. The zero-order valence-electron chi connectivity index (χ0n) is 13.4. The van der Waals surface area contributed by atoms with Gasteiger partial charge in [-0.15, -0.1) is 0 Å². The fraction of sp³-hybridized carbons (Fsp3) is 0.150. The van der Waals surface area contributed by atoms with E-state index in [1.807, 2.05) is 97.5 Å². The summed E-state index contributed by atoms with van der Waals surface area (Å²) in [5.41, 5.74) is 2.15. The number of nitrogens with zero attached hydrogens (tertiary/aromatic N) is 1. The predicted octanol–water partition coefficient (Wildman–Crippen LogP) is 3.72. The average Bonchev–Trinajstić information content (AvgIpc) is 3.02. The number of aromatic nitrogens is 1. The topological polar surface area (TPSA) is 34.0 Å². The van der Waals surface area contributed by atoms with Gasteiger partial charge in [0.2, 0.25) is 0 Å². The van der Waals surface area contributed by atoms with Gasteiger partial charge in [-0.05, 0) is 30.2 Å². The fourth-order valence-corrected chi connectivity index (χ4v) is 2.84. The van der Waals surface area contributed by atoms with E-state index in [9.17, 15) is 4.79 Å². The number of amides is 1. The minimum absolute atomic E-state index is 0.0901. The molecule has 116 valence electrons. The van der Waals surface area contributed by atoms with Crippen LogP contribution in [0.2, 0.25) is 0 Å². The Kier molecular flexibility index (Phi) is 4.02. The number of aryl methyl sites for hydroxylation is 1. The summed E-state index contributed by atoms with van der Waals surface area (Å²) in [5.74, 6) is -0.0901. The van der Waals surface area contributed by atoms with Crippen LogP contribution in [0.3, 0.4) is 0 Å². The van der Waals surface area contributed by atoms with E-state index < -0.39 is 5.54 Å². The van der Waals surface area contributed by atoms with E-state index in [-0.39, 0.29) is 5.91 Å². The molecule has 3 heteroatoms. The van der Waals surface area contributed by atoms with E-state index in [0.717, 1.165) is 11.1 Å².